The number of nitrogens with zero attached hydrogens (tertiary/aromatic N) is 2. The van der Waals surface area contributed by atoms with Crippen LogP contribution in [0.2, 0.25) is 0 Å². The van der Waals surface area contributed by atoms with E-state index in [1.807, 2.05) is 59.4 Å². The summed E-state index contributed by atoms with van der Waals surface area (Å²) in [5.41, 5.74) is 9.03. The zero-order valence-corrected chi connectivity index (χ0v) is 14.1. The maximum Gasteiger partial charge on any atom is 0.251 e. The molecule has 1 saturated carbocycles. The van der Waals surface area contributed by atoms with Crippen LogP contribution in [0, 0.1) is 0 Å². The molecule has 1 aromatic heterocycles. The lowest BCUT2D eigenvalue weighted by Crippen LogP contribution is -2.27. The van der Waals surface area contributed by atoms with Gasteiger partial charge in [0.25, 0.3) is 5.91 Å². The zero-order valence-electron chi connectivity index (χ0n) is 14.1. The molecule has 0 saturated heterocycles. The van der Waals surface area contributed by atoms with E-state index in [9.17, 15) is 4.79 Å². The molecule has 1 aliphatic rings. The van der Waals surface area contributed by atoms with Crippen LogP contribution in [-0.4, -0.2) is 28.8 Å². The average Bonchev–Trinajstić information content (AvgIpc) is 3.37. The molecule has 5 heteroatoms. The fourth-order valence-corrected chi connectivity index (χ4v) is 3.32. The summed E-state index contributed by atoms with van der Waals surface area (Å²) in [7, 11) is 0. The van der Waals surface area contributed by atoms with Gasteiger partial charge in [0.15, 0.2) is 0 Å². The van der Waals surface area contributed by atoms with E-state index in [-0.39, 0.29) is 11.3 Å². The second-order valence-corrected chi connectivity index (χ2v) is 6.74. The number of para-hydroxylation sites is 1. The van der Waals surface area contributed by atoms with Gasteiger partial charge < -0.3 is 11.1 Å². The summed E-state index contributed by atoms with van der Waals surface area (Å²) in [4.78, 5) is 12.3. The van der Waals surface area contributed by atoms with Gasteiger partial charge in [-0.3, -0.25) is 9.48 Å². The number of nitrogens with one attached hydrogen (secondary N) is 1. The number of rotatable bonds is 6. The molecule has 3 N–H and O–H groups in total. The van der Waals surface area contributed by atoms with Crippen LogP contribution in [0.1, 0.15) is 28.8 Å². The van der Waals surface area contributed by atoms with Gasteiger partial charge in [0.05, 0.1) is 18.3 Å². The van der Waals surface area contributed by atoms with Crippen molar-refractivity contribution in [3.05, 3.63) is 65.9 Å². The first kappa shape index (κ1) is 15.8. The van der Waals surface area contributed by atoms with E-state index < -0.39 is 0 Å². The van der Waals surface area contributed by atoms with Gasteiger partial charge in [0.1, 0.15) is 0 Å². The van der Waals surface area contributed by atoms with E-state index in [4.69, 9.17) is 5.73 Å². The molecule has 5 nitrogen and oxygen atoms in total. The average molecular weight is 334 g/mol. The molecule has 1 amide bonds. The highest BCUT2D eigenvalue weighted by Gasteiger charge is 2.42. The zero-order chi connectivity index (χ0) is 17.3. The molecule has 0 spiro atoms. The normalized spacial score (nSPS) is 15.2. The van der Waals surface area contributed by atoms with Gasteiger partial charge in [-0.15, -0.1) is 0 Å². The van der Waals surface area contributed by atoms with Crippen LogP contribution in [0.3, 0.4) is 0 Å². The smallest absolute Gasteiger partial charge is 0.251 e. The Morgan fingerprint density at radius 2 is 1.92 bits per heavy atom. The van der Waals surface area contributed by atoms with Gasteiger partial charge in [0, 0.05) is 29.5 Å². The maximum atomic E-state index is 12.3. The summed E-state index contributed by atoms with van der Waals surface area (Å²) in [5.74, 6) is -0.0550. The molecule has 0 bridgehead atoms. The van der Waals surface area contributed by atoms with Gasteiger partial charge in [-0.25, -0.2) is 0 Å². The highest BCUT2D eigenvalue weighted by atomic mass is 16.1. The third kappa shape index (κ3) is 3.03. The molecular weight excluding hydrogens is 312 g/mol. The third-order valence-electron chi connectivity index (χ3n) is 5.16. The summed E-state index contributed by atoms with van der Waals surface area (Å²) in [6.45, 7) is 1.86. The van der Waals surface area contributed by atoms with E-state index >= 15 is 0 Å². The lowest BCUT2D eigenvalue weighted by atomic mass is 9.95. The van der Waals surface area contributed by atoms with Crippen LogP contribution in [0.25, 0.3) is 10.9 Å². The van der Waals surface area contributed by atoms with Gasteiger partial charge in [-0.1, -0.05) is 30.3 Å². The SMILES string of the molecule is NCC1(c2ccc(C(=O)NCCn3ncc4ccccc43)cc2)CC1. The summed E-state index contributed by atoms with van der Waals surface area (Å²) in [6, 6.07) is 15.9. The van der Waals surface area contributed by atoms with Gasteiger partial charge in [-0.2, -0.15) is 5.10 Å². The fraction of sp³-hybridized carbons (Fsp3) is 0.300. The van der Waals surface area contributed by atoms with Gasteiger partial charge in [0.2, 0.25) is 0 Å². The second-order valence-electron chi connectivity index (χ2n) is 6.74. The molecule has 1 fully saturated rings. The summed E-state index contributed by atoms with van der Waals surface area (Å²) < 4.78 is 1.91. The minimum atomic E-state index is -0.0550. The molecule has 1 aliphatic carbocycles. The van der Waals surface area contributed by atoms with Crippen LogP contribution in [0.5, 0.6) is 0 Å². The molecule has 3 aromatic rings. The lowest BCUT2D eigenvalue weighted by molar-refractivity contribution is 0.0952. The van der Waals surface area contributed by atoms with E-state index in [1.165, 1.54) is 5.56 Å². The summed E-state index contributed by atoms with van der Waals surface area (Å²) in [5, 5.41) is 8.45. The highest BCUT2D eigenvalue weighted by molar-refractivity contribution is 5.94. The van der Waals surface area contributed by atoms with E-state index in [1.54, 1.807) is 0 Å². The third-order valence-corrected chi connectivity index (χ3v) is 5.16. The second kappa shape index (κ2) is 6.33. The number of carbonyl (C=O) groups is 1. The maximum absolute atomic E-state index is 12.3. The van der Waals surface area contributed by atoms with Gasteiger partial charge in [-0.05, 0) is 36.6 Å². The number of amides is 1. The predicted octanol–water partition coefficient (Wildman–Crippen LogP) is 2.46. The Kier molecular flexibility index (Phi) is 4.01. The molecule has 0 atom stereocenters. The van der Waals surface area contributed by atoms with E-state index in [0.29, 0.717) is 25.2 Å². The number of hydrogen-bond donors (Lipinski definition) is 2. The minimum absolute atomic E-state index is 0.0550. The molecular formula is C20H22N4O. The van der Waals surface area contributed by atoms with Crippen molar-refractivity contribution < 1.29 is 4.79 Å². The summed E-state index contributed by atoms with van der Waals surface area (Å²) in [6.07, 6.45) is 4.14. The largest absolute Gasteiger partial charge is 0.350 e. The fourth-order valence-electron chi connectivity index (χ4n) is 3.32. The quantitative estimate of drug-likeness (QED) is 0.727. The number of benzene rings is 2. The van der Waals surface area contributed by atoms with E-state index in [2.05, 4.69) is 10.4 Å². The Morgan fingerprint density at radius 1 is 1.16 bits per heavy atom. The Hall–Kier alpha value is -2.66. The van der Waals surface area contributed by atoms with Crippen molar-refractivity contribution in [3.8, 4) is 0 Å². The molecule has 0 aliphatic heterocycles. The van der Waals surface area contributed by atoms with Crippen molar-refractivity contribution in [2.45, 2.75) is 24.8 Å². The first-order valence-corrected chi connectivity index (χ1v) is 8.71. The van der Waals surface area contributed by atoms with Gasteiger partial charge >= 0.3 is 0 Å². The lowest BCUT2D eigenvalue weighted by Gasteiger charge is -2.13. The number of hydrogen-bond acceptors (Lipinski definition) is 3. The van der Waals surface area contributed by atoms with Crippen LogP contribution >= 0.6 is 0 Å². The van der Waals surface area contributed by atoms with Crippen LogP contribution < -0.4 is 11.1 Å². The number of aromatic nitrogens is 2. The topological polar surface area (TPSA) is 72.9 Å². The van der Waals surface area contributed by atoms with Crippen LogP contribution in [0.15, 0.2) is 54.7 Å². The van der Waals surface area contributed by atoms with Crippen molar-refractivity contribution >= 4 is 16.8 Å². The van der Waals surface area contributed by atoms with Crippen LogP contribution in [-0.2, 0) is 12.0 Å². The predicted molar refractivity (Wildman–Crippen MR) is 98.5 cm³/mol. The molecule has 128 valence electrons. The van der Waals surface area contributed by atoms with Crippen molar-refractivity contribution in [1.82, 2.24) is 15.1 Å². The number of fused-ring (bicyclic) bond motifs is 1. The molecule has 0 unspecified atom stereocenters. The standard InChI is InChI=1S/C20H22N4O/c21-14-20(9-10-20)17-7-5-15(6-8-17)19(25)22-11-12-24-18-4-2-1-3-16(18)13-23-24/h1-8,13H,9-12,14,21H2,(H,22,25). The summed E-state index contributed by atoms with van der Waals surface area (Å²) >= 11 is 0. The van der Waals surface area contributed by atoms with Crippen molar-refractivity contribution in [2.24, 2.45) is 5.73 Å². The Labute approximate surface area is 146 Å². The van der Waals surface area contributed by atoms with Crippen molar-refractivity contribution in [2.75, 3.05) is 13.1 Å². The first-order valence-electron chi connectivity index (χ1n) is 8.71. The minimum Gasteiger partial charge on any atom is -0.350 e. The molecule has 25 heavy (non-hydrogen) atoms. The Balaban J connectivity index is 1.36. The number of carbonyl (C=O) groups excluding carboxylic acids is 1. The Bertz CT molecular complexity index is 893. The molecule has 1 heterocycles. The molecule has 2 aromatic carbocycles. The highest BCUT2D eigenvalue weighted by Crippen LogP contribution is 2.47. The van der Waals surface area contributed by atoms with E-state index in [0.717, 1.165) is 23.7 Å². The molecule has 4 rings (SSSR count). The van der Waals surface area contributed by atoms with Crippen molar-refractivity contribution in [3.63, 3.8) is 0 Å². The molecule has 0 radical (unpaired) electrons. The Morgan fingerprint density at radius 3 is 2.64 bits per heavy atom. The number of nitrogens with two attached hydrogens (primary N) is 1. The monoisotopic (exact) mass is 334 g/mol. The first-order chi connectivity index (χ1) is 12.2. The van der Waals surface area contributed by atoms with Crippen molar-refractivity contribution in [1.29, 1.82) is 0 Å². The van der Waals surface area contributed by atoms with Crippen LogP contribution in [0.4, 0.5) is 0 Å².